The fourth-order valence-electron chi connectivity index (χ4n) is 2.91. The lowest BCUT2D eigenvalue weighted by Crippen LogP contribution is -2.43. The van der Waals surface area contributed by atoms with Crippen molar-refractivity contribution in [1.29, 1.82) is 0 Å². The van der Waals surface area contributed by atoms with E-state index in [9.17, 15) is 9.59 Å². The molecule has 1 aliphatic heterocycles. The Labute approximate surface area is 151 Å². The molecule has 2 amide bonds. The molecule has 0 saturated carbocycles. The number of nitrogens with one attached hydrogen (secondary N) is 1. The SMILES string of the molecule is CCN1C(=O)[C@@H](CC(=O)N[C@@H](C)c2ccccc2)Sc2ncccc21. The number of anilines is 1. The molecule has 1 aromatic carbocycles. The van der Waals surface area contributed by atoms with E-state index < -0.39 is 5.25 Å². The highest BCUT2D eigenvalue weighted by Crippen LogP contribution is 2.38. The van der Waals surface area contributed by atoms with Crippen LogP contribution in [0.4, 0.5) is 5.69 Å². The third kappa shape index (κ3) is 3.85. The molecular weight excluding hydrogens is 334 g/mol. The van der Waals surface area contributed by atoms with Crippen LogP contribution in [0.2, 0.25) is 0 Å². The number of aromatic nitrogens is 1. The minimum atomic E-state index is -0.440. The van der Waals surface area contributed by atoms with Crippen LogP contribution in [-0.4, -0.2) is 28.6 Å². The van der Waals surface area contributed by atoms with E-state index in [4.69, 9.17) is 0 Å². The third-order valence-electron chi connectivity index (χ3n) is 4.20. The topological polar surface area (TPSA) is 62.3 Å². The van der Waals surface area contributed by atoms with Gasteiger partial charge in [-0.2, -0.15) is 0 Å². The Bertz CT molecular complexity index is 766. The van der Waals surface area contributed by atoms with Gasteiger partial charge < -0.3 is 10.2 Å². The van der Waals surface area contributed by atoms with Crippen LogP contribution in [-0.2, 0) is 9.59 Å². The number of hydrogen-bond donors (Lipinski definition) is 1. The number of pyridine rings is 1. The number of benzene rings is 1. The number of carbonyl (C=O) groups excluding carboxylic acids is 2. The standard InChI is InChI=1S/C19H21N3O2S/c1-3-22-15-10-7-11-20-18(15)25-16(19(22)24)12-17(23)21-13(2)14-8-5-4-6-9-14/h4-11,13,16H,3,12H2,1-2H3,(H,21,23)/t13-,16+/m0/s1. The molecule has 1 N–H and O–H groups in total. The normalized spacial score (nSPS) is 17.8. The largest absolute Gasteiger partial charge is 0.350 e. The summed E-state index contributed by atoms with van der Waals surface area (Å²) in [7, 11) is 0. The van der Waals surface area contributed by atoms with Crippen molar-refractivity contribution in [3.05, 3.63) is 54.2 Å². The average Bonchev–Trinajstić information content (AvgIpc) is 2.63. The van der Waals surface area contributed by atoms with E-state index in [-0.39, 0.29) is 24.3 Å². The van der Waals surface area contributed by atoms with Crippen molar-refractivity contribution in [1.82, 2.24) is 10.3 Å². The maximum absolute atomic E-state index is 12.7. The summed E-state index contributed by atoms with van der Waals surface area (Å²) < 4.78 is 0. The Hall–Kier alpha value is -2.34. The van der Waals surface area contributed by atoms with Crippen molar-refractivity contribution in [2.24, 2.45) is 0 Å². The van der Waals surface area contributed by atoms with Gasteiger partial charge in [-0.05, 0) is 31.5 Å². The van der Waals surface area contributed by atoms with Gasteiger partial charge in [-0.15, -0.1) is 0 Å². The summed E-state index contributed by atoms with van der Waals surface area (Å²) in [6.07, 6.45) is 1.86. The highest BCUT2D eigenvalue weighted by Gasteiger charge is 2.34. The zero-order chi connectivity index (χ0) is 17.8. The minimum Gasteiger partial charge on any atom is -0.350 e. The first-order valence-corrected chi connectivity index (χ1v) is 9.25. The van der Waals surface area contributed by atoms with Gasteiger partial charge in [0.05, 0.1) is 17.0 Å². The van der Waals surface area contributed by atoms with Gasteiger partial charge in [0.25, 0.3) is 0 Å². The summed E-state index contributed by atoms with van der Waals surface area (Å²) in [4.78, 5) is 31.2. The van der Waals surface area contributed by atoms with Gasteiger partial charge in [-0.3, -0.25) is 9.59 Å². The van der Waals surface area contributed by atoms with Gasteiger partial charge in [-0.1, -0.05) is 42.1 Å². The Kier molecular flexibility index (Phi) is 5.38. The average molecular weight is 355 g/mol. The fourth-order valence-corrected chi connectivity index (χ4v) is 4.06. The van der Waals surface area contributed by atoms with Crippen LogP contribution in [0.3, 0.4) is 0 Å². The van der Waals surface area contributed by atoms with Crippen molar-refractivity contribution >= 4 is 29.3 Å². The van der Waals surface area contributed by atoms with E-state index in [2.05, 4.69) is 10.3 Å². The molecule has 6 heteroatoms. The van der Waals surface area contributed by atoms with Crippen molar-refractivity contribution in [2.45, 2.75) is 36.6 Å². The van der Waals surface area contributed by atoms with E-state index >= 15 is 0 Å². The number of rotatable bonds is 5. The zero-order valence-corrected chi connectivity index (χ0v) is 15.1. The molecule has 2 aromatic rings. The molecule has 0 fully saturated rings. The van der Waals surface area contributed by atoms with E-state index in [1.807, 2.05) is 56.3 Å². The Balaban J connectivity index is 1.68. The number of fused-ring (bicyclic) bond motifs is 1. The van der Waals surface area contributed by atoms with Crippen LogP contribution in [0.5, 0.6) is 0 Å². The first-order chi connectivity index (χ1) is 12.1. The molecule has 0 aliphatic carbocycles. The molecule has 0 spiro atoms. The first-order valence-electron chi connectivity index (χ1n) is 8.37. The molecule has 1 aliphatic rings. The smallest absolute Gasteiger partial charge is 0.241 e. The van der Waals surface area contributed by atoms with Crippen molar-refractivity contribution in [3.63, 3.8) is 0 Å². The number of hydrogen-bond acceptors (Lipinski definition) is 4. The second-order valence-electron chi connectivity index (χ2n) is 5.92. The molecule has 3 rings (SSSR count). The summed E-state index contributed by atoms with van der Waals surface area (Å²) in [5.41, 5.74) is 1.87. The zero-order valence-electron chi connectivity index (χ0n) is 14.3. The summed E-state index contributed by atoms with van der Waals surface area (Å²) in [6.45, 7) is 4.44. The minimum absolute atomic E-state index is 0.0319. The molecule has 0 unspecified atom stereocenters. The maximum atomic E-state index is 12.7. The second-order valence-corrected chi connectivity index (χ2v) is 7.11. The van der Waals surface area contributed by atoms with Crippen LogP contribution in [0.25, 0.3) is 0 Å². The van der Waals surface area contributed by atoms with Gasteiger partial charge in [-0.25, -0.2) is 4.98 Å². The van der Waals surface area contributed by atoms with Crippen LogP contribution in [0.1, 0.15) is 31.9 Å². The first kappa shape index (κ1) is 17.5. The van der Waals surface area contributed by atoms with Gasteiger partial charge >= 0.3 is 0 Å². The van der Waals surface area contributed by atoms with Crippen LogP contribution >= 0.6 is 11.8 Å². The number of amides is 2. The van der Waals surface area contributed by atoms with Gasteiger partial charge in [0.2, 0.25) is 11.8 Å². The van der Waals surface area contributed by atoms with Crippen molar-refractivity contribution in [2.75, 3.05) is 11.4 Å². The third-order valence-corrected chi connectivity index (χ3v) is 5.39. The molecule has 2 atom stereocenters. The predicted molar refractivity (Wildman–Crippen MR) is 99.5 cm³/mol. The molecule has 0 bridgehead atoms. The lowest BCUT2D eigenvalue weighted by atomic mass is 10.1. The Morgan fingerprint density at radius 2 is 2.04 bits per heavy atom. The van der Waals surface area contributed by atoms with E-state index in [0.717, 1.165) is 16.3 Å². The highest BCUT2D eigenvalue weighted by atomic mass is 32.2. The maximum Gasteiger partial charge on any atom is 0.241 e. The lowest BCUT2D eigenvalue weighted by Gasteiger charge is -2.32. The fraction of sp³-hybridized carbons (Fsp3) is 0.316. The lowest BCUT2D eigenvalue weighted by molar-refractivity contribution is -0.125. The van der Waals surface area contributed by atoms with Crippen molar-refractivity contribution in [3.8, 4) is 0 Å². The molecule has 0 saturated heterocycles. The predicted octanol–water partition coefficient (Wildman–Crippen LogP) is 3.18. The number of carbonyl (C=O) groups is 2. The highest BCUT2D eigenvalue weighted by molar-refractivity contribution is 8.00. The molecule has 130 valence electrons. The Morgan fingerprint density at radius 1 is 1.28 bits per heavy atom. The number of thioether (sulfide) groups is 1. The summed E-state index contributed by atoms with van der Waals surface area (Å²) in [5, 5.41) is 3.34. The van der Waals surface area contributed by atoms with Gasteiger partial charge in [0, 0.05) is 19.2 Å². The molecule has 2 heterocycles. The number of nitrogens with zero attached hydrogens (tertiary/aromatic N) is 2. The monoisotopic (exact) mass is 355 g/mol. The summed E-state index contributed by atoms with van der Waals surface area (Å²) in [5.74, 6) is -0.159. The quantitative estimate of drug-likeness (QED) is 0.895. The molecule has 0 radical (unpaired) electrons. The van der Waals surface area contributed by atoms with Crippen LogP contribution in [0, 0.1) is 0 Å². The summed E-state index contributed by atoms with van der Waals surface area (Å²) >= 11 is 1.37. The second kappa shape index (κ2) is 7.70. The molecule has 1 aromatic heterocycles. The molecule has 25 heavy (non-hydrogen) atoms. The summed E-state index contributed by atoms with van der Waals surface area (Å²) in [6, 6.07) is 13.4. The van der Waals surface area contributed by atoms with Gasteiger partial charge in [0.1, 0.15) is 5.03 Å². The van der Waals surface area contributed by atoms with E-state index in [1.54, 1.807) is 11.1 Å². The van der Waals surface area contributed by atoms with Crippen LogP contribution < -0.4 is 10.2 Å². The molecular formula is C19H21N3O2S. The Morgan fingerprint density at radius 3 is 2.76 bits per heavy atom. The van der Waals surface area contributed by atoms with Gasteiger partial charge in [0.15, 0.2) is 0 Å². The molecule has 5 nitrogen and oxygen atoms in total. The van der Waals surface area contributed by atoms with Crippen LogP contribution in [0.15, 0.2) is 53.7 Å². The van der Waals surface area contributed by atoms with E-state index in [0.29, 0.717) is 6.54 Å². The van der Waals surface area contributed by atoms with Crippen molar-refractivity contribution < 1.29 is 9.59 Å². The van der Waals surface area contributed by atoms with E-state index in [1.165, 1.54) is 11.8 Å².